The summed E-state index contributed by atoms with van der Waals surface area (Å²) in [5, 5.41) is 0. The topological polar surface area (TPSA) is 12.5 Å². The Morgan fingerprint density at radius 2 is 1.50 bits per heavy atom. The van der Waals surface area contributed by atoms with Crippen LogP contribution >= 0.6 is 8.69 Å². The Bertz CT molecular complexity index is 129. The molecule has 0 aromatic rings. The Morgan fingerprint density at radius 3 is 1.50 bits per heavy atom. The molecular formula is C8H19CuF2NOP. The zero-order valence-electron chi connectivity index (χ0n) is 9.27. The van der Waals surface area contributed by atoms with E-state index in [1.54, 1.807) is 13.8 Å². The van der Waals surface area contributed by atoms with Crippen LogP contribution in [-0.4, -0.2) is 23.4 Å². The number of rotatable bonds is 3. The second-order valence-electron chi connectivity index (χ2n) is 3.53. The number of halogens is 2. The first kappa shape index (κ1) is 17.1. The molecule has 0 radical (unpaired) electrons. The van der Waals surface area contributed by atoms with Gasteiger partial charge in [-0.25, -0.2) is 4.67 Å². The van der Waals surface area contributed by atoms with Gasteiger partial charge < -0.3 is 0 Å². The third-order valence-corrected chi connectivity index (χ3v) is 2.70. The van der Waals surface area contributed by atoms with Crippen LogP contribution in [0.25, 0.3) is 0 Å². The van der Waals surface area contributed by atoms with E-state index >= 15 is 0 Å². The molecule has 0 saturated heterocycles. The predicted molar refractivity (Wildman–Crippen MR) is 52.9 cm³/mol. The molecule has 0 aliphatic rings. The molecule has 14 heavy (non-hydrogen) atoms. The van der Waals surface area contributed by atoms with Crippen LogP contribution in [0.15, 0.2) is 0 Å². The molecule has 0 atom stereocenters. The van der Waals surface area contributed by atoms with Crippen molar-refractivity contribution in [2.75, 3.05) is 13.1 Å². The van der Waals surface area contributed by atoms with Gasteiger partial charge in [0.2, 0.25) is 0 Å². The van der Waals surface area contributed by atoms with Crippen molar-refractivity contribution in [3.8, 4) is 0 Å². The molecule has 0 saturated carbocycles. The summed E-state index contributed by atoms with van der Waals surface area (Å²) in [5.74, 6) is 0. The van der Waals surface area contributed by atoms with E-state index in [9.17, 15) is 8.39 Å². The first-order chi connectivity index (χ1) is 6.28. The first-order valence-electron chi connectivity index (χ1n) is 4.41. The first-order valence-corrected chi connectivity index (χ1v) is 5.87. The van der Waals surface area contributed by atoms with Crippen molar-refractivity contribution in [3.63, 3.8) is 0 Å². The minimum absolute atomic E-state index is 0.153. The van der Waals surface area contributed by atoms with E-state index < -0.39 is 8.69 Å². The van der Waals surface area contributed by atoms with E-state index in [2.05, 4.69) is 20.2 Å². The van der Waals surface area contributed by atoms with Crippen molar-refractivity contribution in [1.82, 2.24) is 4.67 Å². The quantitative estimate of drug-likeness (QED) is 0.575. The molecule has 0 rings (SSSR count). The van der Waals surface area contributed by atoms with Gasteiger partial charge in [-0.3, -0.25) is 0 Å². The van der Waals surface area contributed by atoms with E-state index in [4.69, 9.17) is 0 Å². The molecule has 0 aliphatic carbocycles. The van der Waals surface area contributed by atoms with Gasteiger partial charge in [-0.15, -0.1) is 0 Å². The maximum Gasteiger partial charge on any atom is 0.345 e. The summed E-state index contributed by atoms with van der Waals surface area (Å²) in [4.78, 5) is 0. The molecule has 92 valence electrons. The molecule has 0 aromatic carbocycles. The van der Waals surface area contributed by atoms with Crippen molar-refractivity contribution in [1.29, 1.82) is 0 Å². The van der Waals surface area contributed by atoms with E-state index in [0.29, 0.717) is 13.1 Å². The van der Waals surface area contributed by atoms with Crippen LogP contribution < -0.4 is 0 Å². The van der Waals surface area contributed by atoms with Crippen molar-refractivity contribution < 1.29 is 28.6 Å². The second kappa shape index (κ2) is 8.99. The van der Waals surface area contributed by atoms with Crippen LogP contribution in [0.5, 0.6) is 0 Å². The van der Waals surface area contributed by atoms with Gasteiger partial charge in [0, 0.05) is 13.1 Å². The van der Waals surface area contributed by atoms with E-state index in [0.717, 1.165) is 4.67 Å². The van der Waals surface area contributed by atoms with Crippen molar-refractivity contribution in [2.24, 2.45) is 0 Å². The maximum absolute atomic E-state index is 11.7. The average molecular weight is 278 g/mol. The van der Waals surface area contributed by atoms with Gasteiger partial charge in [0.05, 0.1) is 0 Å². The standard InChI is InChI=1S/C4H10F2NP.C4H9O.Cu/c1-3-7(4-2)8(5)6;1-4(2,3)5;/h3-4H2,1-2H3;1-3H3;/q;-1;+1. The molecule has 0 fully saturated rings. The van der Waals surface area contributed by atoms with Crippen LogP contribution in [-0.2, 0) is 20.2 Å². The monoisotopic (exact) mass is 277 g/mol. The fraction of sp³-hybridized carbons (Fsp3) is 1.00. The number of hydrogen-bond acceptors (Lipinski definition) is 2. The molecular weight excluding hydrogens is 259 g/mol. The Kier molecular flexibility index (Phi) is 11.0. The summed E-state index contributed by atoms with van der Waals surface area (Å²) in [5.41, 5.74) is -0.153. The summed E-state index contributed by atoms with van der Waals surface area (Å²) < 4.78 is 29.0. The van der Waals surface area contributed by atoms with Gasteiger partial charge in [0.25, 0.3) is 0 Å². The van der Waals surface area contributed by atoms with Gasteiger partial charge >= 0.3 is 55.2 Å². The van der Waals surface area contributed by atoms with Gasteiger partial charge in [-0.2, -0.15) is 8.39 Å². The SMILES string of the molecule is CC(C)(C)[O][Cu].CCN(CC)P(F)F. The molecule has 0 aromatic heterocycles. The van der Waals surface area contributed by atoms with Gasteiger partial charge in [0.15, 0.2) is 0 Å². The van der Waals surface area contributed by atoms with E-state index in [-0.39, 0.29) is 5.60 Å². The van der Waals surface area contributed by atoms with Crippen LogP contribution in [0.4, 0.5) is 8.39 Å². The third-order valence-electron chi connectivity index (χ3n) is 1.13. The summed E-state index contributed by atoms with van der Waals surface area (Å²) in [6.45, 7) is 10.1. The van der Waals surface area contributed by atoms with Crippen molar-refractivity contribution in [2.45, 2.75) is 40.2 Å². The van der Waals surface area contributed by atoms with E-state index in [1.807, 2.05) is 20.8 Å². The van der Waals surface area contributed by atoms with Crippen LogP contribution in [0, 0.1) is 0 Å². The smallest absolute Gasteiger partial charge is 0.230 e. The molecule has 0 spiro atoms. The van der Waals surface area contributed by atoms with Crippen LogP contribution in [0.3, 0.4) is 0 Å². The van der Waals surface area contributed by atoms with Gasteiger partial charge in [-0.05, 0) is 0 Å². The Labute approximate surface area is 95.6 Å². The summed E-state index contributed by atoms with van der Waals surface area (Å²) >= 11 is 4.42. The summed E-state index contributed by atoms with van der Waals surface area (Å²) in [7, 11) is -2.83. The Balaban J connectivity index is 0. The molecule has 0 unspecified atom stereocenters. The molecule has 0 N–H and O–H groups in total. The molecule has 0 aliphatic heterocycles. The predicted octanol–water partition coefficient (Wildman–Crippen LogP) is 3.76. The molecule has 0 amide bonds. The summed E-state index contributed by atoms with van der Waals surface area (Å²) in [6, 6.07) is 0. The normalized spacial score (nSPS) is 11.6. The number of nitrogens with zero attached hydrogens (tertiary/aromatic N) is 1. The van der Waals surface area contributed by atoms with Crippen molar-refractivity contribution >= 4 is 8.69 Å². The van der Waals surface area contributed by atoms with E-state index in [1.165, 1.54) is 0 Å². The van der Waals surface area contributed by atoms with Crippen LogP contribution in [0.1, 0.15) is 34.6 Å². The zero-order valence-corrected chi connectivity index (χ0v) is 11.1. The fourth-order valence-electron chi connectivity index (χ4n) is 0.437. The molecule has 2 nitrogen and oxygen atoms in total. The fourth-order valence-corrected chi connectivity index (χ4v) is 0.865. The minimum Gasteiger partial charge on any atom is -0.230 e. The third kappa shape index (κ3) is 12.7. The summed E-state index contributed by atoms with van der Waals surface area (Å²) in [6.07, 6.45) is 0. The van der Waals surface area contributed by atoms with Gasteiger partial charge in [0.1, 0.15) is 0 Å². The van der Waals surface area contributed by atoms with Crippen molar-refractivity contribution in [3.05, 3.63) is 0 Å². The molecule has 6 heteroatoms. The Hall–Kier alpha value is 0.729. The molecule has 0 bridgehead atoms. The second-order valence-corrected chi connectivity index (χ2v) is 4.72. The maximum atomic E-state index is 11.7. The number of hydrogen-bond donors (Lipinski definition) is 0. The molecule has 0 heterocycles. The largest absolute Gasteiger partial charge is 0.345 e. The minimum atomic E-state index is -2.83. The Morgan fingerprint density at radius 1 is 1.21 bits per heavy atom. The zero-order chi connectivity index (χ0) is 11.8. The average Bonchev–Trinajstić information content (AvgIpc) is 2.06. The van der Waals surface area contributed by atoms with Crippen LogP contribution in [0.2, 0.25) is 0 Å². The van der Waals surface area contributed by atoms with Gasteiger partial charge in [-0.1, -0.05) is 13.8 Å².